The van der Waals surface area contributed by atoms with Crippen LogP contribution in [0.3, 0.4) is 0 Å². The summed E-state index contributed by atoms with van der Waals surface area (Å²) in [6.07, 6.45) is 3.15. The maximum atomic E-state index is 12.1. The number of ether oxygens (including phenoxy) is 2. The number of hydrogen-bond acceptors (Lipinski definition) is 3. The first kappa shape index (κ1) is 16.9. The molecule has 0 aliphatic heterocycles. The Balaban J connectivity index is 2.13. The average Bonchev–Trinajstić information content (AvgIpc) is 2.56. The Morgan fingerprint density at radius 1 is 1.13 bits per heavy atom. The number of halogens is 1. The van der Waals surface area contributed by atoms with Crippen LogP contribution in [0.2, 0.25) is 5.02 Å². The molecule has 0 spiro atoms. The smallest absolute Gasteiger partial charge is 0.248 e. The lowest BCUT2D eigenvalue weighted by Crippen LogP contribution is -2.08. The summed E-state index contributed by atoms with van der Waals surface area (Å²) in [5, 5.41) is 3.42. The van der Waals surface area contributed by atoms with Gasteiger partial charge in [-0.05, 0) is 48.4 Å². The predicted molar refractivity (Wildman–Crippen MR) is 93.4 cm³/mol. The second-order valence-corrected chi connectivity index (χ2v) is 5.29. The maximum Gasteiger partial charge on any atom is 0.248 e. The molecule has 0 radical (unpaired) electrons. The van der Waals surface area contributed by atoms with E-state index in [9.17, 15) is 4.79 Å². The SMILES string of the molecule is COc1cc(/C=C/C(=O)Nc2cccc(Cl)c2C)cc(OC)c1. The lowest BCUT2D eigenvalue weighted by atomic mass is 10.1. The quantitative estimate of drug-likeness (QED) is 0.830. The van der Waals surface area contributed by atoms with Gasteiger partial charge in [0.2, 0.25) is 5.91 Å². The molecule has 120 valence electrons. The molecule has 0 saturated heterocycles. The Morgan fingerprint density at radius 2 is 1.78 bits per heavy atom. The minimum absolute atomic E-state index is 0.239. The second-order valence-electron chi connectivity index (χ2n) is 4.88. The molecule has 0 bridgehead atoms. The summed E-state index contributed by atoms with van der Waals surface area (Å²) in [4.78, 5) is 12.1. The molecular formula is C18H18ClNO3. The summed E-state index contributed by atoms with van der Waals surface area (Å²) in [6, 6.07) is 10.8. The third kappa shape index (κ3) is 4.50. The molecule has 0 aliphatic rings. The van der Waals surface area contributed by atoms with Crippen LogP contribution in [0.5, 0.6) is 11.5 Å². The highest BCUT2D eigenvalue weighted by Crippen LogP contribution is 2.24. The number of hydrogen-bond donors (Lipinski definition) is 1. The van der Waals surface area contributed by atoms with Gasteiger partial charge in [-0.15, -0.1) is 0 Å². The summed E-state index contributed by atoms with van der Waals surface area (Å²) >= 11 is 6.04. The first-order chi connectivity index (χ1) is 11.0. The van der Waals surface area contributed by atoms with Crippen LogP contribution in [0.4, 0.5) is 5.69 Å². The fourth-order valence-electron chi connectivity index (χ4n) is 2.01. The fourth-order valence-corrected chi connectivity index (χ4v) is 2.19. The largest absolute Gasteiger partial charge is 0.497 e. The van der Waals surface area contributed by atoms with Crippen LogP contribution in [0, 0.1) is 6.92 Å². The van der Waals surface area contributed by atoms with Crippen molar-refractivity contribution in [2.24, 2.45) is 0 Å². The van der Waals surface area contributed by atoms with Crippen molar-refractivity contribution in [2.75, 3.05) is 19.5 Å². The lowest BCUT2D eigenvalue weighted by Gasteiger charge is -2.08. The lowest BCUT2D eigenvalue weighted by molar-refractivity contribution is -0.111. The van der Waals surface area contributed by atoms with Crippen molar-refractivity contribution in [2.45, 2.75) is 6.92 Å². The standard InChI is InChI=1S/C18H18ClNO3/c1-12-16(19)5-4-6-17(12)20-18(21)8-7-13-9-14(22-2)11-15(10-13)23-3/h4-11H,1-3H3,(H,20,21)/b8-7+. The van der Waals surface area contributed by atoms with E-state index >= 15 is 0 Å². The van der Waals surface area contributed by atoms with E-state index in [4.69, 9.17) is 21.1 Å². The minimum Gasteiger partial charge on any atom is -0.497 e. The Bertz CT molecular complexity index is 719. The third-order valence-electron chi connectivity index (χ3n) is 3.33. The number of carbonyl (C=O) groups is 1. The van der Waals surface area contributed by atoms with Crippen molar-refractivity contribution in [3.05, 3.63) is 58.6 Å². The van der Waals surface area contributed by atoms with E-state index < -0.39 is 0 Å². The van der Waals surface area contributed by atoms with Crippen molar-refractivity contribution in [3.8, 4) is 11.5 Å². The van der Waals surface area contributed by atoms with Crippen LogP contribution in [-0.2, 0) is 4.79 Å². The molecule has 0 aliphatic carbocycles. The Morgan fingerprint density at radius 3 is 2.39 bits per heavy atom. The monoisotopic (exact) mass is 331 g/mol. The molecule has 5 heteroatoms. The van der Waals surface area contributed by atoms with Gasteiger partial charge in [-0.3, -0.25) is 4.79 Å². The molecule has 2 rings (SSSR count). The molecule has 23 heavy (non-hydrogen) atoms. The molecule has 2 aromatic carbocycles. The first-order valence-electron chi connectivity index (χ1n) is 7.00. The molecule has 0 saturated carbocycles. The van der Waals surface area contributed by atoms with Gasteiger partial charge in [0.15, 0.2) is 0 Å². The molecule has 0 heterocycles. The number of methoxy groups -OCH3 is 2. The van der Waals surface area contributed by atoms with Crippen molar-refractivity contribution in [3.63, 3.8) is 0 Å². The van der Waals surface area contributed by atoms with E-state index in [0.717, 1.165) is 11.1 Å². The molecule has 4 nitrogen and oxygen atoms in total. The van der Waals surface area contributed by atoms with E-state index in [0.29, 0.717) is 22.2 Å². The van der Waals surface area contributed by atoms with Gasteiger partial charge in [0.05, 0.1) is 14.2 Å². The van der Waals surface area contributed by atoms with Crippen molar-refractivity contribution >= 4 is 29.3 Å². The molecule has 0 aromatic heterocycles. The normalized spacial score (nSPS) is 10.6. The average molecular weight is 332 g/mol. The van der Waals surface area contributed by atoms with Crippen molar-refractivity contribution < 1.29 is 14.3 Å². The van der Waals surface area contributed by atoms with Gasteiger partial charge in [-0.25, -0.2) is 0 Å². The van der Waals surface area contributed by atoms with Crippen LogP contribution in [-0.4, -0.2) is 20.1 Å². The zero-order chi connectivity index (χ0) is 16.8. The molecule has 0 fully saturated rings. The molecular weight excluding hydrogens is 314 g/mol. The Labute approximate surface area is 140 Å². The topological polar surface area (TPSA) is 47.6 Å². The van der Waals surface area contributed by atoms with Gasteiger partial charge in [0.1, 0.15) is 11.5 Å². The maximum absolute atomic E-state index is 12.1. The summed E-state index contributed by atoms with van der Waals surface area (Å²) in [7, 11) is 3.16. The number of rotatable bonds is 5. The molecule has 0 unspecified atom stereocenters. The van der Waals surface area contributed by atoms with Crippen LogP contribution in [0.15, 0.2) is 42.5 Å². The van der Waals surface area contributed by atoms with E-state index in [-0.39, 0.29) is 5.91 Å². The molecule has 1 amide bonds. The van der Waals surface area contributed by atoms with Gasteiger partial charge in [-0.1, -0.05) is 17.7 Å². The van der Waals surface area contributed by atoms with Crippen LogP contribution >= 0.6 is 11.6 Å². The number of nitrogens with one attached hydrogen (secondary N) is 1. The first-order valence-corrected chi connectivity index (χ1v) is 7.38. The minimum atomic E-state index is -0.239. The van der Waals surface area contributed by atoms with Gasteiger partial charge >= 0.3 is 0 Å². The number of benzene rings is 2. The van der Waals surface area contributed by atoms with E-state index in [1.54, 1.807) is 38.5 Å². The second kappa shape index (κ2) is 7.70. The number of anilines is 1. The highest BCUT2D eigenvalue weighted by atomic mass is 35.5. The summed E-state index contributed by atoms with van der Waals surface area (Å²) in [5.74, 6) is 1.09. The van der Waals surface area contributed by atoms with Gasteiger partial charge < -0.3 is 14.8 Å². The zero-order valence-electron chi connectivity index (χ0n) is 13.2. The highest BCUT2D eigenvalue weighted by Gasteiger charge is 2.05. The Kier molecular flexibility index (Phi) is 5.66. The van der Waals surface area contributed by atoms with Crippen molar-refractivity contribution in [1.29, 1.82) is 0 Å². The highest BCUT2D eigenvalue weighted by molar-refractivity contribution is 6.31. The Hall–Kier alpha value is -2.46. The van der Waals surface area contributed by atoms with Gasteiger partial charge in [0.25, 0.3) is 0 Å². The van der Waals surface area contributed by atoms with Crippen LogP contribution in [0.1, 0.15) is 11.1 Å². The van der Waals surface area contributed by atoms with E-state index in [1.807, 2.05) is 25.1 Å². The number of carbonyl (C=O) groups excluding carboxylic acids is 1. The van der Waals surface area contributed by atoms with Gasteiger partial charge in [0, 0.05) is 22.9 Å². The van der Waals surface area contributed by atoms with E-state index in [1.165, 1.54) is 6.08 Å². The van der Waals surface area contributed by atoms with Gasteiger partial charge in [-0.2, -0.15) is 0 Å². The molecule has 0 atom stereocenters. The predicted octanol–water partition coefficient (Wildman–Crippen LogP) is 4.32. The van der Waals surface area contributed by atoms with Crippen molar-refractivity contribution in [1.82, 2.24) is 0 Å². The summed E-state index contributed by atoms with van der Waals surface area (Å²) in [6.45, 7) is 1.86. The third-order valence-corrected chi connectivity index (χ3v) is 3.74. The summed E-state index contributed by atoms with van der Waals surface area (Å²) in [5.41, 5.74) is 2.33. The molecule has 1 N–H and O–H groups in total. The zero-order valence-corrected chi connectivity index (χ0v) is 14.0. The number of amides is 1. The van der Waals surface area contributed by atoms with Crippen LogP contribution < -0.4 is 14.8 Å². The summed E-state index contributed by atoms with van der Waals surface area (Å²) < 4.78 is 10.4. The van der Waals surface area contributed by atoms with Crippen LogP contribution in [0.25, 0.3) is 6.08 Å². The van der Waals surface area contributed by atoms with E-state index in [2.05, 4.69) is 5.32 Å². The molecule has 2 aromatic rings. The fraction of sp³-hybridized carbons (Fsp3) is 0.167.